The molecule has 0 bridgehead atoms. The van der Waals surface area contributed by atoms with E-state index < -0.39 is 0 Å². The summed E-state index contributed by atoms with van der Waals surface area (Å²) in [6, 6.07) is 13.9. The molecule has 0 unspecified atom stereocenters. The SMILES string of the molecule is O=C(Cc1cccs1)N[C@H]([Al])c1ccccc1. The van der Waals surface area contributed by atoms with Crippen molar-refractivity contribution in [2.75, 3.05) is 0 Å². The molecule has 2 radical (unpaired) electrons. The van der Waals surface area contributed by atoms with Crippen molar-refractivity contribution < 1.29 is 4.79 Å². The summed E-state index contributed by atoms with van der Waals surface area (Å²) >= 11 is 4.26. The van der Waals surface area contributed by atoms with Crippen molar-refractivity contribution in [2.45, 2.75) is 11.3 Å². The van der Waals surface area contributed by atoms with Crippen molar-refractivity contribution in [1.29, 1.82) is 0 Å². The van der Waals surface area contributed by atoms with E-state index in [9.17, 15) is 4.79 Å². The molecular formula is C13H12AlNOS. The molecule has 1 N–H and O–H groups in total. The van der Waals surface area contributed by atoms with Crippen LogP contribution in [-0.2, 0) is 11.2 Å². The minimum absolute atomic E-state index is 0.0244. The van der Waals surface area contributed by atoms with Gasteiger partial charge in [-0.05, 0) is 21.9 Å². The van der Waals surface area contributed by atoms with E-state index in [1.807, 2.05) is 47.8 Å². The van der Waals surface area contributed by atoms with Gasteiger partial charge in [-0.25, -0.2) is 0 Å². The fourth-order valence-corrected chi connectivity index (χ4v) is 2.65. The molecule has 0 saturated heterocycles. The fourth-order valence-electron chi connectivity index (χ4n) is 1.54. The van der Waals surface area contributed by atoms with E-state index in [1.165, 1.54) is 0 Å². The minimum Gasteiger partial charge on any atom is -0.365 e. The first-order valence-corrected chi connectivity index (χ1v) is 6.92. The minimum atomic E-state index is -0.0244. The van der Waals surface area contributed by atoms with Gasteiger partial charge in [-0.3, -0.25) is 4.79 Å². The Labute approximate surface area is 113 Å². The molecule has 0 aliphatic rings. The van der Waals surface area contributed by atoms with Crippen LogP contribution in [0.3, 0.4) is 0 Å². The lowest BCUT2D eigenvalue weighted by Crippen LogP contribution is -2.29. The average molecular weight is 257 g/mol. The Balaban J connectivity index is 1.91. The molecule has 0 spiro atoms. The molecule has 2 rings (SSSR count). The summed E-state index contributed by atoms with van der Waals surface area (Å²) in [5.74, 6) is 0.0521. The molecule has 0 fully saturated rings. The molecule has 17 heavy (non-hydrogen) atoms. The average Bonchev–Trinajstić information content (AvgIpc) is 2.82. The molecule has 1 amide bonds. The molecule has 1 aromatic carbocycles. The molecule has 84 valence electrons. The van der Waals surface area contributed by atoms with Crippen LogP contribution < -0.4 is 5.32 Å². The fraction of sp³-hybridized carbons (Fsp3) is 0.154. The Morgan fingerprint density at radius 3 is 2.65 bits per heavy atom. The lowest BCUT2D eigenvalue weighted by Gasteiger charge is -2.15. The quantitative estimate of drug-likeness (QED) is 0.836. The second kappa shape index (κ2) is 6.02. The van der Waals surface area contributed by atoms with Crippen molar-refractivity contribution in [3.05, 3.63) is 58.3 Å². The summed E-state index contributed by atoms with van der Waals surface area (Å²) in [5, 5.41) is 4.95. The van der Waals surface area contributed by atoms with Gasteiger partial charge in [0.2, 0.25) is 5.91 Å². The van der Waals surface area contributed by atoms with E-state index in [0.29, 0.717) is 6.42 Å². The summed E-state index contributed by atoms with van der Waals surface area (Å²) in [4.78, 5) is 12.8. The van der Waals surface area contributed by atoms with Crippen LogP contribution in [0.4, 0.5) is 0 Å². The molecular weight excluding hydrogens is 245 g/mol. The molecule has 1 aromatic heterocycles. The van der Waals surface area contributed by atoms with E-state index in [1.54, 1.807) is 11.3 Å². The van der Waals surface area contributed by atoms with Crippen molar-refractivity contribution in [1.82, 2.24) is 5.32 Å². The highest BCUT2D eigenvalue weighted by Crippen LogP contribution is 2.11. The van der Waals surface area contributed by atoms with Crippen LogP contribution in [0.15, 0.2) is 47.8 Å². The zero-order valence-corrected chi connectivity index (χ0v) is 11.3. The molecule has 1 atom stereocenters. The molecule has 0 aliphatic carbocycles. The second-order valence-electron chi connectivity index (χ2n) is 3.71. The van der Waals surface area contributed by atoms with Gasteiger partial charge in [0.15, 0.2) is 16.3 Å². The van der Waals surface area contributed by atoms with Crippen molar-refractivity contribution in [3.8, 4) is 0 Å². The number of amides is 1. The Morgan fingerprint density at radius 1 is 1.24 bits per heavy atom. The molecule has 2 nitrogen and oxygen atoms in total. The summed E-state index contributed by atoms with van der Waals surface area (Å²) in [6.07, 6.45) is 0.454. The van der Waals surface area contributed by atoms with Crippen LogP contribution in [-0.4, -0.2) is 22.2 Å². The molecule has 0 aliphatic heterocycles. The zero-order valence-electron chi connectivity index (χ0n) is 9.30. The van der Waals surface area contributed by atoms with E-state index in [0.717, 1.165) is 10.4 Å². The molecule has 2 aromatic rings. The van der Waals surface area contributed by atoms with E-state index >= 15 is 0 Å². The number of rotatable bonds is 4. The predicted octanol–water partition coefficient (Wildman–Crippen LogP) is 2.27. The first-order valence-electron chi connectivity index (χ1n) is 5.38. The predicted molar refractivity (Wildman–Crippen MR) is 71.1 cm³/mol. The summed E-state index contributed by atoms with van der Waals surface area (Å²) < 4.78 is 0. The van der Waals surface area contributed by atoms with E-state index in [4.69, 9.17) is 0 Å². The van der Waals surface area contributed by atoms with Gasteiger partial charge in [0.25, 0.3) is 0 Å². The lowest BCUT2D eigenvalue weighted by atomic mass is 10.2. The standard InChI is InChI=1S/C13H12NOS.Al/c15-13(9-12-7-4-8-16-12)14-10-11-5-2-1-3-6-11;/h1-8,10H,9H2,(H,14,15);. The Kier molecular flexibility index (Phi) is 4.38. The lowest BCUT2D eigenvalue weighted by molar-refractivity contribution is -0.120. The normalized spacial score (nSPS) is 12.0. The van der Waals surface area contributed by atoms with E-state index in [2.05, 4.69) is 21.6 Å². The van der Waals surface area contributed by atoms with Gasteiger partial charge < -0.3 is 5.32 Å². The highest BCUT2D eigenvalue weighted by atomic mass is 32.1. The monoisotopic (exact) mass is 257 g/mol. The van der Waals surface area contributed by atoms with E-state index in [-0.39, 0.29) is 10.8 Å². The Hall–Kier alpha value is -1.08. The maximum atomic E-state index is 11.8. The third-order valence-electron chi connectivity index (χ3n) is 2.39. The maximum absolute atomic E-state index is 11.8. The molecule has 1 heterocycles. The van der Waals surface area contributed by atoms with Gasteiger partial charge in [0.05, 0.1) is 6.42 Å². The maximum Gasteiger partial charge on any atom is 0.224 e. The summed E-state index contributed by atoms with van der Waals surface area (Å²) in [5.41, 5.74) is 1.09. The van der Waals surface area contributed by atoms with Gasteiger partial charge in [-0.2, -0.15) is 0 Å². The van der Waals surface area contributed by atoms with Gasteiger partial charge in [0.1, 0.15) is 0 Å². The topological polar surface area (TPSA) is 29.1 Å². The van der Waals surface area contributed by atoms with Crippen LogP contribution in [0.2, 0.25) is 0 Å². The number of hydrogen-bond donors (Lipinski definition) is 1. The van der Waals surface area contributed by atoms with Gasteiger partial charge in [-0.1, -0.05) is 36.4 Å². The number of nitrogens with one attached hydrogen (secondary N) is 1. The number of benzene rings is 1. The highest BCUT2D eigenvalue weighted by molar-refractivity contribution is 7.10. The summed E-state index contributed by atoms with van der Waals surface area (Å²) in [6.45, 7) is 0. The molecule has 0 saturated carbocycles. The van der Waals surface area contributed by atoms with Gasteiger partial charge >= 0.3 is 0 Å². The van der Waals surface area contributed by atoms with Crippen molar-refractivity contribution >= 4 is 33.5 Å². The number of thiophene rings is 1. The first-order chi connectivity index (χ1) is 8.25. The largest absolute Gasteiger partial charge is 0.365 e. The van der Waals surface area contributed by atoms with Gasteiger partial charge in [0, 0.05) is 4.88 Å². The Bertz CT molecular complexity index is 469. The van der Waals surface area contributed by atoms with Gasteiger partial charge in [-0.15, -0.1) is 11.3 Å². The van der Waals surface area contributed by atoms with Crippen LogP contribution in [0, 0.1) is 0 Å². The van der Waals surface area contributed by atoms with Crippen molar-refractivity contribution in [2.24, 2.45) is 0 Å². The third kappa shape index (κ3) is 3.71. The second-order valence-corrected chi connectivity index (χ2v) is 5.41. The number of carbonyl (C=O) groups excluding carboxylic acids is 1. The summed E-state index contributed by atoms with van der Waals surface area (Å²) in [7, 11) is 0. The van der Waals surface area contributed by atoms with Crippen LogP contribution >= 0.6 is 11.3 Å². The highest BCUT2D eigenvalue weighted by Gasteiger charge is 2.08. The zero-order chi connectivity index (χ0) is 12.1. The first kappa shape index (κ1) is 12.4. The van der Waals surface area contributed by atoms with Crippen LogP contribution in [0.5, 0.6) is 0 Å². The smallest absolute Gasteiger partial charge is 0.224 e. The number of carbonyl (C=O) groups is 1. The van der Waals surface area contributed by atoms with Crippen LogP contribution in [0.1, 0.15) is 15.3 Å². The Morgan fingerprint density at radius 2 is 2.00 bits per heavy atom. The van der Waals surface area contributed by atoms with Crippen molar-refractivity contribution in [3.63, 3.8) is 0 Å². The van der Waals surface area contributed by atoms with Crippen LogP contribution in [0.25, 0.3) is 0 Å². The molecule has 4 heteroatoms. The number of hydrogen-bond acceptors (Lipinski definition) is 2. The third-order valence-corrected chi connectivity index (χ3v) is 3.82.